The number of hydrogen-bond acceptors (Lipinski definition) is 3. The van der Waals surface area contributed by atoms with Crippen molar-refractivity contribution in [2.45, 2.75) is 77.2 Å². The molecule has 0 saturated heterocycles. The van der Waals surface area contributed by atoms with E-state index in [2.05, 4.69) is 6.92 Å². The molecule has 0 rings (SSSR count). The van der Waals surface area contributed by atoms with Gasteiger partial charge in [0.2, 0.25) is 0 Å². The molecule has 0 aliphatic rings. The van der Waals surface area contributed by atoms with Crippen LogP contribution in [0.15, 0.2) is 0 Å². The van der Waals surface area contributed by atoms with Crippen LogP contribution in [-0.2, 0) is 14.3 Å². The molecule has 4 nitrogen and oxygen atoms in total. The molecule has 0 saturated carbocycles. The minimum Gasteiger partial charge on any atom is -0.481 e. The molecular weight excluding hydrogens is 256 g/mol. The van der Waals surface area contributed by atoms with E-state index in [-0.39, 0.29) is 19.1 Å². The normalized spacial score (nSPS) is 12.5. The lowest BCUT2D eigenvalue weighted by molar-refractivity contribution is -0.139. The minimum absolute atomic E-state index is 0.0411. The molecular formula is C16H32O4. The van der Waals surface area contributed by atoms with E-state index < -0.39 is 5.97 Å². The number of aliphatic carboxylic acids is 1. The molecule has 0 radical (unpaired) electrons. The van der Waals surface area contributed by atoms with Crippen molar-refractivity contribution in [1.29, 1.82) is 0 Å². The van der Waals surface area contributed by atoms with E-state index in [0.717, 1.165) is 12.8 Å². The molecule has 0 aromatic heterocycles. The molecule has 0 fully saturated rings. The van der Waals surface area contributed by atoms with Gasteiger partial charge in [0.1, 0.15) is 0 Å². The maximum atomic E-state index is 10.4. The van der Waals surface area contributed by atoms with Gasteiger partial charge in [0, 0.05) is 7.11 Å². The van der Waals surface area contributed by atoms with Gasteiger partial charge in [0.25, 0.3) is 0 Å². The van der Waals surface area contributed by atoms with Crippen molar-refractivity contribution in [3.63, 3.8) is 0 Å². The summed E-state index contributed by atoms with van der Waals surface area (Å²) in [5.41, 5.74) is 0. The van der Waals surface area contributed by atoms with Crippen molar-refractivity contribution in [2.75, 3.05) is 20.3 Å². The third-order valence-corrected chi connectivity index (χ3v) is 3.40. The maximum absolute atomic E-state index is 10.4. The Morgan fingerprint density at radius 3 is 2.20 bits per heavy atom. The van der Waals surface area contributed by atoms with Crippen LogP contribution in [0.1, 0.15) is 71.1 Å². The average Bonchev–Trinajstić information content (AvgIpc) is 2.41. The molecule has 0 spiro atoms. The van der Waals surface area contributed by atoms with Gasteiger partial charge in [-0.2, -0.15) is 0 Å². The maximum Gasteiger partial charge on any atom is 0.305 e. The van der Waals surface area contributed by atoms with Gasteiger partial charge in [-0.25, -0.2) is 0 Å². The topological polar surface area (TPSA) is 55.8 Å². The Labute approximate surface area is 123 Å². The quantitative estimate of drug-likeness (QED) is 0.462. The van der Waals surface area contributed by atoms with E-state index in [1.165, 1.54) is 44.9 Å². The summed E-state index contributed by atoms with van der Waals surface area (Å²) in [6.07, 6.45) is 11.4. The summed E-state index contributed by atoms with van der Waals surface area (Å²) < 4.78 is 10.7. The number of ether oxygens (including phenoxy) is 2. The monoisotopic (exact) mass is 288 g/mol. The molecule has 0 aliphatic carbocycles. The zero-order chi connectivity index (χ0) is 15.1. The summed E-state index contributed by atoms with van der Waals surface area (Å²) in [6, 6.07) is 0. The molecule has 1 N–H and O–H groups in total. The molecule has 20 heavy (non-hydrogen) atoms. The second-order valence-electron chi connectivity index (χ2n) is 5.36. The number of methoxy groups -OCH3 is 1. The summed E-state index contributed by atoms with van der Waals surface area (Å²) in [6.45, 7) is 3.07. The molecule has 0 bridgehead atoms. The smallest absolute Gasteiger partial charge is 0.305 e. The van der Waals surface area contributed by atoms with Gasteiger partial charge in [0.05, 0.1) is 25.7 Å². The van der Waals surface area contributed by atoms with Crippen LogP contribution in [0.2, 0.25) is 0 Å². The van der Waals surface area contributed by atoms with Crippen molar-refractivity contribution in [3.05, 3.63) is 0 Å². The van der Waals surface area contributed by atoms with Crippen molar-refractivity contribution in [1.82, 2.24) is 0 Å². The van der Waals surface area contributed by atoms with Crippen molar-refractivity contribution < 1.29 is 19.4 Å². The standard InChI is InChI=1S/C16H32O4/c1-3-4-5-6-7-8-9-10-11-15(14-19-2)20-13-12-16(17)18/h15H,3-14H2,1-2H3,(H,17,18). The minimum atomic E-state index is -0.812. The highest BCUT2D eigenvalue weighted by Gasteiger charge is 2.09. The Bertz CT molecular complexity index is 219. The summed E-state index contributed by atoms with van der Waals surface area (Å²) in [7, 11) is 1.65. The number of carboxylic acid groups (broad SMARTS) is 1. The van der Waals surface area contributed by atoms with Crippen LogP contribution in [0.5, 0.6) is 0 Å². The van der Waals surface area contributed by atoms with Crippen LogP contribution in [-0.4, -0.2) is 37.5 Å². The van der Waals surface area contributed by atoms with E-state index in [1.54, 1.807) is 7.11 Å². The first-order valence-corrected chi connectivity index (χ1v) is 8.03. The molecule has 0 aromatic carbocycles. The van der Waals surface area contributed by atoms with Gasteiger partial charge in [-0.3, -0.25) is 4.79 Å². The van der Waals surface area contributed by atoms with Crippen LogP contribution in [0.4, 0.5) is 0 Å². The van der Waals surface area contributed by atoms with Crippen LogP contribution >= 0.6 is 0 Å². The van der Waals surface area contributed by atoms with Crippen molar-refractivity contribution in [2.24, 2.45) is 0 Å². The fraction of sp³-hybridized carbons (Fsp3) is 0.938. The Morgan fingerprint density at radius 2 is 1.65 bits per heavy atom. The highest BCUT2D eigenvalue weighted by molar-refractivity contribution is 5.66. The number of hydrogen-bond donors (Lipinski definition) is 1. The van der Waals surface area contributed by atoms with E-state index in [9.17, 15) is 4.79 Å². The van der Waals surface area contributed by atoms with Gasteiger partial charge in [0.15, 0.2) is 0 Å². The zero-order valence-corrected chi connectivity index (χ0v) is 13.2. The molecule has 0 aliphatic heterocycles. The highest BCUT2D eigenvalue weighted by atomic mass is 16.5. The first kappa shape index (κ1) is 19.4. The van der Waals surface area contributed by atoms with Gasteiger partial charge >= 0.3 is 5.97 Å². The van der Waals surface area contributed by atoms with Crippen LogP contribution in [0, 0.1) is 0 Å². The summed E-state index contributed by atoms with van der Waals surface area (Å²) in [4.78, 5) is 10.4. The number of unbranched alkanes of at least 4 members (excludes halogenated alkanes) is 7. The van der Waals surface area contributed by atoms with Gasteiger partial charge in [-0.05, 0) is 6.42 Å². The lowest BCUT2D eigenvalue weighted by atomic mass is 10.1. The summed E-state index contributed by atoms with van der Waals surface area (Å²) in [5.74, 6) is -0.812. The predicted molar refractivity (Wildman–Crippen MR) is 81.1 cm³/mol. The van der Waals surface area contributed by atoms with Gasteiger partial charge in [-0.15, -0.1) is 0 Å². The molecule has 120 valence electrons. The van der Waals surface area contributed by atoms with Gasteiger partial charge < -0.3 is 14.6 Å². The second kappa shape index (κ2) is 14.8. The Morgan fingerprint density at radius 1 is 1.05 bits per heavy atom. The Balaban J connectivity index is 3.47. The molecule has 0 aromatic rings. The summed E-state index contributed by atoms with van der Waals surface area (Å²) in [5, 5.41) is 8.58. The zero-order valence-electron chi connectivity index (χ0n) is 13.2. The van der Waals surface area contributed by atoms with Crippen LogP contribution < -0.4 is 0 Å². The Kier molecular flexibility index (Phi) is 14.3. The molecule has 0 heterocycles. The SMILES string of the molecule is CCCCCCCCCCC(COC)OCCC(=O)O. The fourth-order valence-electron chi connectivity index (χ4n) is 2.22. The lowest BCUT2D eigenvalue weighted by Crippen LogP contribution is -2.20. The lowest BCUT2D eigenvalue weighted by Gasteiger charge is -2.16. The number of carbonyl (C=O) groups is 1. The number of rotatable bonds is 15. The van der Waals surface area contributed by atoms with E-state index >= 15 is 0 Å². The molecule has 4 heteroatoms. The Hall–Kier alpha value is -0.610. The van der Waals surface area contributed by atoms with Crippen LogP contribution in [0.25, 0.3) is 0 Å². The highest BCUT2D eigenvalue weighted by Crippen LogP contribution is 2.12. The second-order valence-corrected chi connectivity index (χ2v) is 5.36. The van der Waals surface area contributed by atoms with Crippen molar-refractivity contribution in [3.8, 4) is 0 Å². The van der Waals surface area contributed by atoms with E-state index in [1.807, 2.05) is 0 Å². The van der Waals surface area contributed by atoms with Crippen LogP contribution in [0.3, 0.4) is 0 Å². The largest absolute Gasteiger partial charge is 0.481 e. The van der Waals surface area contributed by atoms with Gasteiger partial charge in [-0.1, -0.05) is 58.3 Å². The first-order chi connectivity index (χ1) is 9.70. The fourth-order valence-corrected chi connectivity index (χ4v) is 2.22. The van der Waals surface area contributed by atoms with E-state index in [4.69, 9.17) is 14.6 Å². The van der Waals surface area contributed by atoms with Crippen molar-refractivity contribution >= 4 is 5.97 Å². The first-order valence-electron chi connectivity index (χ1n) is 8.03. The number of carboxylic acids is 1. The molecule has 1 unspecified atom stereocenters. The predicted octanol–water partition coefficient (Wildman–Crippen LogP) is 4.02. The molecule has 0 amide bonds. The molecule has 1 atom stereocenters. The third kappa shape index (κ3) is 13.8. The third-order valence-electron chi connectivity index (χ3n) is 3.40. The van der Waals surface area contributed by atoms with E-state index in [0.29, 0.717) is 6.61 Å². The average molecular weight is 288 g/mol. The summed E-state index contributed by atoms with van der Waals surface area (Å²) >= 11 is 0.